The van der Waals surface area contributed by atoms with Crippen LogP contribution in [0.5, 0.6) is 17.2 Å². The Morgan fingerprint density at radius 3 is 1.35 bits per heavy atom. The molecule has 0 aromatic heterocycles. The average Bonchev–Trinajstić information content (AvgIpc) is 3.06. The van der Waals surface area contributed by atoms with Crippen LogP contribution >= 0.6 is 12.6 Å². The predicted molar refractivity (Wildman–Crippen MR) is 178 cm³/mol. The quantitative estimate of drug-likeness (QED) is 0.0548. The number of alkyl halides is 9. The molecule has 0 amide bonds. The highest BCUT2D eigenvalue weighted by atomic mass is 32.2. The normalized spacial score (nSPS) is 11.5. The van der Waals surface area contributed by atoms with Gasteiger partial charge >= 0.3 is 33.4 Å². The highest BCUT2D eigenvalue weighted by Gasteiger charge is 2.85. The van der Waals surface area contributed by atoms with Crippen LogP contribution in [0.4, 0.5) is 39.5 Å². The Hall–Kier alpha value is -4.23. The van der Waals surface area contributed by atoms with Gasteiger partial charge < -0.3 is 23.7 Å². The number of rotatable bonds is 14. The second-order valence-electron chi connectivity index (χ2n) is 9.65. The van der Waals surface area contributed by atoms with Gasteiger partial charge in [-0.2, -0.15) is 47.9 Å². The lowest BCUT2D eigenvalue weighted by Crippen LogP contribution is -2.63. The molecule has 8 nitrogen and oxygen atoms in total. The van der Waals surface area contributed by atoms with Crippen LogP contribution in [0.3, 0.4) is 0 Å². The van der Waals surface area contributed by atoms with E-state index in [9.17, 15) is 47.9 Å². The highest BCUT2D eigenvalue weighted by Crippen LogP contribution is 2.54. The van der Waals surface area contributed by atoms with Gasteiger partial charge in [0.25, 0.3) is 0 Å². The third-order valence-electron chi connectivity index (χ3n) is 5.75. The number of aryl methyl sites for hydroxylation is 2. The fourth-order valence-electron chi connectivity index (χ4n) is 3.39. The fraction of sp³-hybridized carbons (Fsp3) is 0.333. The lowest BCUT2D eigenvalue weighted by Gasteiger charge is -2.31. The Morgan fingerprint density at radius 1 is 0.692 bits per heavy atom. The Labute approximate surface area is 300 Å². The SMILES string of the molecule is C=COCCOc1ccccc1.C=COCCOc1ccccc1.COc1c(C)cc(S)cc1C.O=S(=O)(O)C(F)(F)C(F)(F)C(F)(F)C(F)(F)F. The van der Waals surface area contributed by atoms with Crippen LogP contribution in [0.2, 0.25) is 0 Å². The van der Waals surface area contributed by atoms with Crippen LogP contribution in [0.15, 0.2) is 103 Å². The maximum Gasteiger partial charge on any atom is 0.460 e. The number of benzene rings is 3. The largest absolute Gasteiger partial charge is 0.498 e. The lowest BCUT2D eigenvalue weighted by molar-refractivity contribution is -0.382. The molecule has 0 bridgehead atoms. The van der Waals surface area contributed by atoms with Crippen LogP contribution in [-0.2, 0) is 19.6 Å². The molecule has 0 radical (unpaired) electrons. The summed E-state index contributed by atoms with van der Waals surface area (Å²) < 4.78 is 160. The second kappa shape index (κ2) is 22.0. The van der Waals surface area contributed by atoms with E-state index in [1.54, 1.807) is 7.11 Å². The minimum atomic E-state index is -7.37. The van der Waals surface area contributed by atoms with Gasteiger partial charge in [0.2, 0.25) is 0 Å². The minimum absolute atomic E-state index is 0.540. The Balaban J connectivity index is 0.000000676. The summed E-state index contributed by atoms with van der Waals surface area (Å²) in [5.41, 5.74) is 2.27. The standard InChI is InChI=1S/2C10H12O2.C9H12OS.C4HF9O3S/c2*1-2-11-8-9-12-10-6-4-3-5-7-10;1-6-4-8(11)5-7(2)9(6)10-3;5-1(6,3(9,10)11)2(7,8)4(12,13)17(14,15)16/h2*2-7H,1,8-9H2;4-5,11H,1-3H3;(H,14,15,16). The molecule has 0 heterocycles. The van der Waals surface area contributed by atoms with Gasteiger partial charge in [-0.15, -0.1) is 12.6 Å². The molecule has 19 heteroatoms. The Kier molecular flexibility index (Phi) is 20.2. The van der Waals surface area contributed by atoms with Crippen LogP contribution < -0.4 is 14.2 Å². The van der Waals surface area contributed by atoms with Crippen molar-refractivity contribution in [1.82, 2.24) is 0 Å². The first-order valence-electron chi connectivity index (χ1n) is 14.3. The first-order chi connectivity index (χ1) is 24.0. The van der Waals surface area contributed by atoms with Crippen molar-refractivity contribution in [1.29, 1.82) is 0 Å². The summed E-state index contributed by atoms with van der Waals surface area (Å²) in [5, 5.41) is -7.00. The number of hydrogen-bond donors (Lipinski definition) is 2. The van der Waals surface area contributed by atoms with E-state index < -0.39 is 33.4 Å². The van der Waals surface area contributed by atoms with Crippen LogP contribution in [0.25, 0.3) is 0 Å². The summed E-state index contributed by atoms with van der Waals surface area (Å²) in [6.45, 7) is 13.1. The number of thiol groups is 1. The van der Waals surface area contributed by atoms with E-state index in [4.69, 9.17) is 28.2 Å². The van der Waals surface area contributed by atoms with Gasteiger partial charge in [-0.05, 0) is 61.4 Å². The van der Waals surface area contributed by atoms with Crippen molar-refractivity contribution in [3.8, 4) is 17.2 Å². The fourth-order valence-corrected chi connectivity index (χ4v) is 4.23. The van der Waals surface area contributed by atoms with Gasteiger partial charge in [0.05, 0.1) is 19.6 Å². The molecule has 0 aliphatic heterocycles. The van der Waals surface area contributed by atoms with E-state index in [1.165, 1.54) is 12.5 Å². The van der Waals surface area contributed by atoms with Crippen molar-refractivity contribution in [3.63, 3.8) is 0 Å². The average molecular weight is 797 g/mol. The van der Waals surface area contributed by atoms with Gasteiger partial charge in [-0.3, -0.25) is 4.55 Å². The topological polar surface area (TPSA) is 101 Å². The Morgan fingerprint density at radius 2 is 1.06 bits per heavy atom. The molecule has 0 spiro atoms. The number of hydrogen-bond acceptors (Lipinski definition) is 8. The molecule has 0 aliphatic carbocycles. The monoisotopic (exact) mass is 796 g/mol. The minimum Gasteiger partial charge on any atom is -0.498 e. The highest BCUT2D eigenvalue weighted by molar-refractivity contribution is 7.87. The van der Waals surface area contributed by atoms with Gasteiger partial charge in [-0.1, -0.05) is 49.6 Å². The molecular weight excluding hydrogens is 759 g/mol. The van der Waals surface area contributed by atoms with E-state index in [0.717, 1.165) is 33.3 Å². The van der Waals surface area contributed by atoms with Gasteiger partial charge in [0.15, 0.2) is 0 Å². The van der Waals surface area contributed by atoms with Crippen molar-refractivity contribution in [2.24, 2.45) is 0 Å². The molecule has 0 unspecified atom stereocenters. The van der Waals surface area contributed by atoms with Gasteiger partial charge in [0, 0.05) is 4.90 Å². The van der Waals surface area contributed by atoms with Gasteiger partial charge in [-0.25, -0.2) is 0 Å². The molecule has 0 saturated carbocycles. The van der Waals surface area contributed by atoms with Crippen LogP contribution in [-0.4, -0.2) is 69.8 Å². The maximum absolute atomic E-state index is 12.2. The summed E-state index contributed by atoms with van der Waals surface area (Å²) >= 11 is 4.25. The molecule has 0 saturated heterocycles. The summed E-state index contributed by atoms with van der Waals surface area (Å²) in [6, 6.07) is 23.3. The summed E-state index contributed by atoms with van der Waals surface area (Å²) in [4.78, 5) is 0.987. The first kappa shape index (κ1) is 47.8. The van der Waals surface area contributed by atoms with Gasteiger partial charge in [0.1, 0.15) is 43.7 Å². The predicted octanol–water partition coefficient (Wildman–Crippen LogP) is 9.35. The third kappa shape index (κ3) is 15.2. The molecule has 3 aromatic rings. The molecule has 0 atom stereocenters. The molecular formula is C33H37F9O8S2. The number of methoxy groups -OCH3 is 1. The zero-order chi connectivity index (χ0) is 40.2. The van der Waals surface area contributed by atoms with E-state index in [-0.39, 0.29) is 0 Å². The smallest absolute Gasteiger partial charge is 0.460 e. The molecule has 3 rings (SSSR count). The molecule has 0 aliphatic rings. The summed E-state index contributed by atoms with van der Waals surface area (Å²) in [5.74, 6) is -12.0. The van der Waals surface area contributed by atoms with Crippen molar-refractivity contribution in [2.45, 2.75) is 42.0 Å². The number of ether oxygens (including phenoxy) is 5. The number of para-hydroxylation sites is 2. The molecule has 3 aromatic carbocycles. The summed E-state index contributed by atoms with van der Waals surface area (Å²) in [7, 11) is -5.48. The van der Waals surface area contributed by atoms with Crippen molar-refractivity contribution in [3.05, 3.63) is 110 Å². The molecule has 292 valence electrons. The van der Waals surface area contributed by atoms with Crippen molar-refractivity contribution >= 4 is 22.7 Å². The summed E-state index contributed by atoms with van der Waals surface area (Å²) in [6.07, 6.45) is -4.31. The van der Waals surface area contributed by atoms with Crippen molar-refractivity contribution in [2.75, 3.05) is 33.5 Å². The third-order valence-corrected chi connectivity index (χ3v) is 6.91. The van der Waals surface area contributed by atoms with Crippen molar-refractivity contribution < 1.29 is 76.2 Å². The number of halogens is 9. The molecule has 0 fully saturated rings. The second-order valence-corrected chi connectivity index (χ2v) is 11.6. The molecule has 1 N–H and O–H groups in total. The van der Waals surface area contributed by atoms with E-state index in [0.29, 0.717) is 26.4 Å². The van der Waals surface area contributed by atoms with E-state index in [1.807, 2.05) is 86.6 Å². The first-order valence-corrected chi connectivity index (χ1v) is 16.2. The molecule has 52 heavy (non-hydrogen) atoms. The van der Waals surface area contributed by atoms with Crippen LogP contribution in [0, 0.1) is 13.8 Å². The maximum atomic E-state index is 12.2. The van der Waals surface area contributed by atoms with E-state index >= 15 is 0 Å². The van der Waals surface area contributed by atoms with Crippen LogP contribution in [0.1, 0.15) is 11.1 Å². The Bertz CT molecular complexity index is 1520. The zero-order valence-corrected chi connectivity index (χ0v) is 29.6. The van der Waals surface area contributed by atoms with E-state index in [2.05, 4.69) is 25.8 Å². The zero-order valence-electron chi connectivity index (χ0n) is 27.9. The lowest BCUT2D eigenvalue weighted by atomic mass is 10.1.